The van der Waals surface area contributed by atoms with Crippen molar-refractivity contribution in [1.82, 2.24) is 34.1 Å². The van der Waals surface area contributed by atoms with Crippen molar-refractivity contribution in [1.29, 1.82) is 5.26 Å². The Balaban J connectivity index is 1.07. The second-order valence-corrected chi connectivity index (χ2v) is 12.9. The van der Waals surface area contributed by atoms with E-state index >= 15 is 0 Å². The van der Waals surface area contributed by atoms with E-state index in [-0.39, 0.29) is 0 Å². The third-order valence-corrected chi connectivity index (χ3v) is 9.58. The van der Waals surface area contributed by atoms with E-state index in [1.807, 2.05) is 100 Å². The molecule has 0 spiro atoms. The van der Waals surface area contributed by atoms with Gasteiger partial charge in [-0.25, -0.2) is 29.8 Å². The summed E-state index contributed by atoms with van der Waals surface area (Å²) in [6.45, 7) is 7.57. The normalized spacial score (nSPS) is 11.2. The van der Waals surface area contributed by atoms with Crippen molar-refractivity contribution in [3.05, 3.63) is 169 Å². The standard InChI is InChI=1S/C45H25N9O2/c1-47-30-15-17-50-44(21-30)54-40-9-5-3-7-36(40)38-13-11-32(24-42(38)54)56-34-20-29(45-51-26-48-27-52-45)19-33(22-34)55-31-10-12-37-35-6-2-4-8-39(35)53(41(37)23-31)43-18-28(25-46)14-16-49-43/h2-24,26-27H. The zero-order chi connectivity index (χ0) is 37.6. The van der Waals surface area contributed by atoms with Crippen LogP contribution in [0.5, 0.6) is 23.0 Å². The highest BCUT2D eigenvalue weighted by Gasteiger charge is 2.17. The van der Waals surface area contributed by atoms with Gasteiger partial charge in [-0.1, -0.05) is 36.4 Å². The van der Waals surface area contributed by atoms with Crippen molar-refractivity contribution in [2.75, 3.05) is 0 Å². The Bertz CT molecular complexity index is 3050. The second kappa shape index (κ2) is 13.2. The highest BCUT2D eigenvalue weighted by molar-refractivity contribution is 6.10. The molecule has 11 nitrogen and oxygen atoms in total. The quantitative estimate of drug-likeness (QED) is 0.149. The lowest BCUT2D eigenvalue weighted by molar-refractivity contribution is 0.461. The van der Waals surface area contributed by atoms with Crippen molar-refractivity contribution in [2.45, 2.75) is 0 Å². The summed E-state index contributed by atoms with van der Waals surface area (Å²) in [6, 6.07) is 42.8. The molecule has 0 aliphatic heterocycles. The number of aromatic nitrogens is 7. The SMILES string of the molecule is [C-]#[N+]c1ccnc(-n2c3ccccc3c3ccc(Oc4cc(Oc5ccc6c7ccccc7n(-c7cc(C#N)ccn7)c6c5)cc(-c5ncncn5)c4)cc32)c1. The van der Waals surface area contributed by atoms with Gasteiger partial charge in [0.05, 0.1) is 40.3 Å². The number of benzene rings is 5. The molecule has 0 fully saturated rings. The van der Waals surface area contributed by atoms with Crippen molar-refractivity contribution >= 4 is 49.3 Å². The number of rotatable bonds is 7. The fraction of sp³-hybridized carbons (Fsp3) is 0. The number of nitrogens with zero attached hydrogens (tertiary/aromatic N) is 9. The molecule has 262 valence electrons. The van der Waals surface area contributed by atoms with E-state index in [1.165, 1.54) is 12.7 Å². The zero-order valence-corrected chi connectivity index (χ0v) is 29.3. The molecule has 0 aliphatic carbocycles. The molecule has 5 aromatic carbocycles. The average molecular weight is 724 g/mol. The summed E-state index contributed by atoms with van der Waals surface area (Å²) in [5.74, 6) is 3.89. The minimum atomic E-state index is 0.454. The zero-order valence-electron chi connectivity index (χ0n) is 29.3. The summed E-state index contributed by atoms with van der Waals surface area (Å²) in [6.07, 6.45) is 6.19. The largest absolute Gasteiger partial charge is 0.457 e. The number of para-hydroxylation sites is 2. The first-order chi connectivity index (χ1) is 27.6. The lowest BCUT2D eigenvalue weighted by Crippen LogP contribution is -1.98. The number of hydrogen-bond donors (Lipinski definition) is 0. The van der Waals surface area contributed by atoms with Crippen LogP contribution in [-0.2, 0) is 0 Å². The topological polar surface area (TPSA) is 121 Å². The molecule has 10 aromatic rings. The number of pyridine rings is 2. The highest BCUT2D eigenvalue weighted by Crippen LogP contribution is 2.39. The third-order valence-electron chi connectivity index (χ3n) is 9.58. The van der Waals surface area contributed by atoms with Crippen LogP contribution in [0.15, 0.2) is 152 Å². The molecule has 0 amide bonds. The molecule has 0 saturated carbocycles. The van der Waals surface area contributed by atoms with Gasteiger partial charge in [0, 0.05) is 57.7 Å². The van der Waals surface area contributed by atoms with Crippen LogP contribution in [0, 0.1) is 17.9 Å². The Kier molecular flexibility index (Phi) is 7.61. The monoisotopic (exact) mass is 723 g/mol. The predicted octanol–water partition coefficient (Wildman–Crippen LogP) is 10.5. The fourth-order valence-corrected chi connectivity index (χ4v) is 7.21. The van der Waals surface area contributed by atoms with Gasteiger partial charge >= 0.3 is 0 Å². The first kappa shape index (κ1) is 32.3. The summed E-state index contributed by atoms with van der Waals surface area (Å²) in [7, 11) is 0. The molecule has 56 heavy (non-hydrogen) atoms. The lowest BCUT2D eigenvalue weighted by atomic mass is 10.1. The van der Waals surface area contributed by atoms with Crippen molar-refractivity contribution < 1.29 is 9.47 Å². The van der Waals surface area contributed by atoms with E-state index in [0.29, 0.717) is 57.3 Å². The van der Waals surface area contributed by atoms with Crippen LogP contribution in [0.2, 0.25) is 0 Å². The molecule has 0 aliphatic rings. The smallest absolute Gasteiger partial charge is 0.192 e. The maximum Gasteiger partial charge on any atom is 0.192 e. The van der Waals surface area contributed by atoms with Gasteiger partial charge in [0.25, 0.3) is 0 Å². The molecule has 5 heterocycles. The Hall–Kier alpha value is -8.41. The van der Waals surface area contributed by atoms with Crippen molar-refractivity contribution in [3.63, 3.8) is 0 Å². The molecular weight excluding hydrogens is 699 g/mol. The molecule has 0 atom stereocenters. The van der Waals surface area contributed by atoms with Gasteiger partial charge in [-0.2, -0.15) is 5.26 Å². The van der Waals surface area contributed by atoms with Crippen LogP contribution in [0.1, 0.15) is 5.56 Å². The number of ether oxygens (including phenoxy) is 2. The van der Waals surface area contributed by atoms with E-state index in [0.717, 1.165) is 43.6 Å². The van der Waals surface area contributed by atoms with Gasteiger partial charge in [-0.05, 0) is 72.8 Å². The van der Waals surface area contributed by atoms with E-state index in [2.05, 4.69) is 48.0 Å². The van der Waals surface area contributed by atoms with E-state index < -0.39 is 0 Å². The minimum absolute atomic E-state index is 0.454. The maximum atomic E-state index is 9.63. The Morgan fingerprint density at radius 2 is 1.09 bits per heavy atom. The van der Waals surface area contributed by atoms with Crippen LogP contribution in [0.25, 0.3) is 71.5 Å². The Morgan fingerprint density at radius 1 is 0.536 bits per heavy atom. The van der Waals surface area contributed by atoms with E-state index in [4.69, 9.17) is 16.0 Å². The lowest BCUT2D eigenvalue weighted by Gasteiger charge is -2.13. The summed E-state index contributed by atoms with van der Waals surface area (Å²) >= 11 is 0. The van der Waals surface area contributed by atoms with Gasteiger partial charge in [-0.3, -0.25) is 9.13 Å². The number of nitriles is 1. The summed E-state index contributed by atoms with van der Waals surface area (Å²) < 4.78 is 17.3. The van der Waals surface area contributed by atoms with E-state index in [1.54, 1.807) is 36.7 Å². The van der Waals surface area contributed by atoms with Crippen molar-refractivity contribution in [2.24, 2.45) is 0 Å². The summed E-state index contributed by atoms with van der Waals surface area (Å²) in [5.41, 5.74) is 5.36. The van der Waals surface area contributed by atoms with Gasteiger partial charge in [0.15, 0.2) is 11.5 Å². The summed E-state index contributed by atoms with van der Waals surface area (Å²) in [5, 5.41) is 13.8. The van der Waals surface area contributed by atoms with Gasteiger partial charge in [0.1, 0.15) is 47.3 Å². The fourth-order valence-electron chi connectivity index (χ4n) is 7.21. The molecular formula is C45H25N9O2. The van der Waals surface area contributed by atoms with Gasteiger partial charge in [0.2, 0.25) is 0 Å². The van der Waals surface area contributed by atoms with Crippen LogP contribution in [0.3, 0.4) is 0 Å². The molecule has 0 radical (unpaired) electrons. The molecule has 10 rings (SSSR count). The Morgan fingerprint density at radius 3 is 1.68 bits per heavy atom. The van der Waals surface area contributed by atoms with Crippen LogP contribution in [-0.4, -0.2) is 34.1 Å². The molecule has 5 aromatic heterocycles. The average Bonchev–Trinajstić information content (AvgIpc) is 3.76. The molecule has 0 bridgehead atoms. The number of fused-ring (bicyclic) bond motifs is 6. The second-order valence-electron chi connectivity index (χ2n) is 12.9. The first-order valence-electron chi connectivity index (χ1n) is 17.5. The molecule has 0 unspecified atom stereocenters. The van der Waals surface area contributed by atoms with Crippen LogP contribution < -0.4 is 9.47 Å². The highest BCUT2D eigenvalue weighted by atomic mass is 16.5. The molecule has 0 N–H and O–H groups in total. The van der Waals surface area contributed by atoms with Gasteiger partial charge < -0.3 is 9.47 Å². The third kappa shape index (κ3) is 5.57. The van der Waals surface area contributed by atoms with Crippen LogP contribution in [0.4, 0.5) is 5.69 Å². The maximum absolute atomic E-state index is 9.63. The number of hydrogen-bond acceptors (Lipinski definition) is 8. The summed E-state index contributed by atoms with van der Waals surface area (Å²) in [4.78, 5) is 25.7. The van der Waals surface area contributed by atoms with E-state index in [9.17, 15) is 5.26 Å². The van der Waals surface area contributed by atoms with Crippen LogP contribution >= 0.6 is 0 Å². The molecule has 11 heteroatoms. The minimum Gasteiger partial charge on any atom is -0.457 e. The van der Waals surface area contributed by atoms with Gasteiger partial charge in [-0.15, -0.1) is 0 Å². The van der Waals surface area contributed by atoms with Crippen molar-refractivity contribution in [3.8, 4) is 52.1 Å². The predicted molar refractivity (Wildman–Crippen MR) is 214 cm³/mol. The molecule has 0 saturated heterocycles. The first-order valence-corrected chi connectivity index (χ1v) is 17.5. The Labute approximate surface area is 318 Å².